The average molecular weight is 396 g/mol. The van der Waals surface area contributed by atoms with Crippen LogP contribution in [0.4, 0.5) is 0 Å². The zero-order valence-corrected chi connectivity index (χ0v) is 16.1. The third-order valence-corrected chi connectivity index (χ3v) is 6.39. The van der Waals surface area contributed by atoms with E-state index in [1.54, 1.807) is 39.8 Å². The first-order valence-corrected chi connectivity index (χ1v) is 10.7. The van der Waals surface area contributed by atoms with Gasteiger partial charge in [0.05, 0.1) is 5.69 Å². The van der Waals surface area contributed by atoms with Gasteiger partial charge in [-0.1, -0.05) is 23.9 Å². The first kappa shape index (κ1) is 16.7. The zero-order valence-electron chi connectivity index (χ0n) is 14.5. The quantitative estimate of drug-likeness (QED) is 0.467. The Hall–Kier alpha value is -2.45. The van der Waals surface area contributed by atoms with Gasteiger partial charge in [-0.3, -0.25) is 9.20 Å². The summed E-state index contributed by atoms with van der Waals surface area (Å²) in [6.45, 7) is 0. The van der Waals surface area contributed by atoms with Gasteiger partial charge in [-0.15, -0.1) is 21.5 Å². The molecule has 1 fully saturated rings. The Labute approximate surface area is 163 Å². The number of hydrogen-bond donors (Lipinski definition) is 0. The molecule has 0 spiro atoms. The SMILES string of the molecule is O=c1cc(CSc2nnc(Cc3cccs3)n2C2CC2)nc2ccccn12. The minimum absolute atomic E-state index is 0.0572. The summed E-state index contributed by atoms with van der Waals surface area (Å²) in [5.74, 6) is 1.62. The van der Waals surface area contributed by atoms with Gasteiger partial charge in [0, 0.05) is 35.4 Å². The maximum atomic E-state index is 12.3. The molecule has 0 saturated heterocycles. The molecule has 5 rings (SSSR count). The summed E-state index contributed by atoms with van der Waals surface area (Å²) in [6, 6.07) is 11.9. The molecule has 1 aliphatic carbocycles. The number of thioether (sulfide) groups is 1. The minimum Gasteiger partial charge on any atom is -0.303 e. The molecule has 6 nitrogen and oxygen atoms in total. The summed E-state index contributed by atoms with van der Waals surface area (Å²) in [6.07, 6.45) is 4.91. The highest BCUT2D eigenvalue weighted by Gasteiger charge is 2.29. The lowest BCUT2D eigenvalue weighted by molar-refractivity contribution is 0.635. The number of rotatable bonds is 6. The van der Waals surface area contributed by atoms with E-state index in [9.17, 15) is 4.79 Å². The molecule has 4 aromatic rings. The molecule has 0 atom stereocenters. The zero-order chi connectivity index (χ0) is 18.2. The normalized spacial score (nSPS) is 14.1. The molecule has 0 bridgehead atoms. The van der Waals surface area contributed by atoms with Gasteiger partial charge in [0.25, 0.3) is 5.56 Å². The van der Waals surface area contributed by atoms with Crippen molar-refractivity contribution in [1.82, 2.24) is 24.1 Å². The molecule has 27 heavy (non-hydrogen) atoms. The van der Waals surface area contributed by atoms with Crippen LogP contribution in [-0.4, -0.2) is 24.1 Å². The van der Waals surface area contributed by atoms with E-state index in [1.807, 2.05) is 18.2 Å². The lowest BCUT2D eigenvalue weighted by atomic mass is 10.3. The third kappa shape index (κ3) is 3.42. The second-order valence-electron chi connectivity index (χ2n) is 6.56. The fourth-order valence-electron chi connectivity index (χ4n) is 3.11. The highest BCUT2D eigenvalue weighted by molar-refractivity contribution is 7.98. The van der Waals surface area contributed by atoms with E-state index in [0.717, 1.165) is 23.1 Å². The molecule has 0 N–H and O–H groups in total. The van der Waals surface area contributed by atoms with Crippen molar-refractivity contribution in [1.29, 1.82) is 0 Å². The summed E-state index contributed by atoms with van der Waals surface area (Å²) in [4.78, 5) is 18.2. The van der Waals surface area contributed by atoms with Gasteiger partial charge in [-0.05, 0) is 36.4 Å². The molecule has 8 heteroatoms. The van der Waals surface area contributed by atoms with E-state index in [4.69, 9.17) is 0 Å². The van der Waals surface area contributed by atoms with Crippen LogP contribution in [0.15, 0.2) is 57.9 Å². The summed E-state index contributed by atoms with van der Waals surface area (Å²) in [5.41, 5.74) is 1.38. The van der Waals surface area contributed by atoms with Crippen molar-refractivity contribution < 1.29 is 0 Å². The molecule has 0 aromatic carbocycles. The Morgan fingerprint density at radius 3 is 2.93 bits per heavy atom. The van der Waals surface area contributed by atoms with Crippen molar-refractivity contribution in [2.75, 3.05) is 0 Å². The molecule has 4 aromatic heterocycles. The number of pyridine rings is 1. The van der Waals surface area contributed by atoms with Gasteiger partial charge in [-0.2, -0.15) is 0 Å². The minimum atomic E-state index is -0.0572. The smallest absolute Gasteiger partial charge is 0.258 e. The van der Waals surface area contributed by atoms with Crippen LogP contribution >= 0.6 is 23.1 Å². The van der Waals surface area contributed by atoms with E-state index in [-0.39, 0.29) is 5.56 Å². The summed E-state index contributed by atoms with van der Waals surface area (Å²) in [5, 5.41) is 11.9. The van der Waals surface area contributed by atoms with Crippen molar-refractivity contribution in [2.45, 2.75) is 36.2 Å². The van der Waals surface area contributed by atoms with Gasteiger partial charge in [0.15, 0.2) is 5.16 Å². The lowest BCUT2D eigenvalue weighted by Gasteiger charge is -2.08. The molecule has 0 amide bonds. The van der Waals surface area contributed by atoms with E-state index in [2.05, 4.69) is 37.3 Å². The van der Waals surface area contributed by atoms with Gasteiger partial charge in [0.1, 0.15) is 11.5 Å². The van der Waals surface area contributed by atoms with Gasteiger partial charge < -0.3 is 4.57 Å². The molecule has 0 aliphatic heterocycles. The van der Waals surface area contributed by atoms with Crippen LogP contribution in [0.2, 0.25) is 0 Å². The van der Waals surface area contributed by atoms with Crippen molar-refractivity contribution in [3.63, 3.8) is 0 Å². The molecule has 0 unspecified atom stereocenters. The second-order valence-corrected chi connectivity index (χ2v) is 8.53. The Morgan fingerprint density at radius 2 is 2.11 bits per heavy atom. The van der Waals surface area contributed by atoms with Crippen LogP contribution < -0.4 is 5.56 Å². The first-order chi connectivity index (χ1) is 13.3. The van der Waals surface area contributed by atoms with E-state index in [0.29, 0.717) is 17.4 Å². The Kier molecular flexibility index (Phi) is 4.29. The molecule has 1 aliphatic rings. The highest BCUT2D eigenvalue weighted by Crippen LogP contribution is 2.39. The van der Waals surface area contributed by atoms with Crippen LogP contribution in [0, 0.1) is 0 Å². The van der Waals surface area contributed by atoms with Gasteiger partial charge >= 0.3 is 0 Å². The number of hydrogen-bond acceptors (Lipinski definition) is 6. The third-order valence-electron chi connectivity index (χ3n) is 4.53. The molecule has 136 valence electrons. The van der Waals surface area contributed by atoms with Crippen LogP contribution in [-0.2, 0) is 12.2 Å². The Bertz CT molecular complexity index is 1140. The summed E-state index contributed by atoms with van der Waals surface area (Å²) < 4.78 is 3.83. The van der Waals surface area contributed by atoms with Crippen molar-refractivity contribution >= 4 is 28.7 Å². The molecule has 0 radical (unpaired) electrons. The van der Waals surface area contributed by atoms with E-state index in [1.165, 1.54) is 17.7 Å². The topological polar surface area (TPSA) is 65.1 Å². The predicted octanol–water partition coefficient (Wildman–Crippen LogP) is 3.57. The fraction of sp³-hybridized carbons (Fsp3) is 0.263. The molecular formula is C19H17N5OS2. The number of nitrogens with zero attached hydrogens (tertiary/aromatic N) is 5. The molecule has 1 saturated carbocycles. The number of aromatic nitrogens is 5. The summed E-state index contributed by atoms with van der Waals surface area (Å²) >= 11 is 3.35. The number of fused-ring (bicyclic) bond motifs is 1. The number of thiophene rings is 1. The summed E-state index contributed by atoms with van der Waals surface area (Å²) in [7, 11) is 0. The van der Waals surface area contributed by atoms with E-state index < -0.39 is 0 Å². The molecule has 4 heterocycles. The van der Waals surface area contributed by atoms with Crippen molar-refractivity contribution in [2.24, 2.45) is 0 Å². The average Bonchev–Trinajstić information content (AvgIpc) is 3.23. The van der Waals surface area contributed by atoms with Crippen LogP contribution in [0.1, 0.15) is 35.3 Å². The maximum absolute atomic E-state index is 12.3. The Balaban J connectivity index is 1.40. The van der Waals surface area contributed by atoms with Crippen LogP contribution in [0.5, 0.6) is 0 Å². The first-order valence-electron chi connectivity index (χ1n) is 8.84. The van der Waals surface area contributed by atoms with Gasteiger partial charge in [-0.25, -0.2) is 4.98 Å². The van der Waals surface area contributed by atoms with Crippen molar-refractivity contribution in [3.05, 3.63) is 74.7 Å². The van der Waals surface area contributed by atoms with Crippen molar-refractivity contribution in [3.8, 4) is 0 Å². The second kappa shape index (κ2) is 6.94. The van der Waals surface area contributed by atoms with Gasteiger partial charge in [0.2, 0.25) is 0 Å². The predicted molar refractivity (Wildman–Crippen MR) is 106 cm³/mol. The fourth-order valence-corrected chi connectivity index (χ4v) is 4.73. The monoisotopic (exact) mass is 395 g/mol. The van der Waals surface area contributed by atoms with Crippen LogP contribution in [0.3, 0.4) is 0 Å². The highest BCUT2D eigenvalue weighted by atomic mass is 32.2. The largest absolute Gasteiger partial charge is 0.303 e. The maximum Gasteiger partial charge on any atom is 0.258 e. The van der Waals surface area contributed by atoms with Crippen LogP contribution in [0.25, 0.3) is 5.65 Å². The molecular weight excluding hydrogens is 378 g/mol. The van der Waals surface area contributed by atoms with E-state index >= 15 is 0 Å². The lowest BCUT2D eigenvalue weighted by Crippen LogP contribution is -2.14. The standard InChI is InChI=1S/C19H17N5OS2/c25-18-10-13(20-16-5-1-2-8-23(16)18)12-27-19-22-21-17(24(19)14-6-7-14)11-15-4-3-9-26-15/h1-5,8-10,14H,6-7,11-12H2. The Morgan fingerprint density at radius 1 is 1.19 bits per heavy atom.